The summed E-state index contributed by atoms with van der Waals surface area (Å²) in [5.74, 6) is 2.86. The van der Waals surface area contributed by atoms with E-state index in [9.17, 15) is 0 Å². The summed E-state index contributed by atoms with van der Waals surface area (Å²) in [7, 11) is 3.25. The van der Waals surface area contributed by atoms with Crippen molar-refractivity contribution in [2.45, 2.75) is 85.3 Å². The van der Waals surface area contributed by atoms with Crippen molar-refractivity contribution in [3.63, 3.8) is 0 Å². The molecule has 4 heterocycles. The Kier molecular flexibility index (Phi) is 12.6. The topological polar surface area (TPSA) is 81.2 Å². The zero-order valence-electron chi connectivity index (χ0n) is 28.7. The van der Waals surface area contributed by atoms with E-state index < -0.39 is 0 Å². The Morgan fingerprint density at radius 2 is 2.07 bits per heavy atom. The van der Waals surface area contributed by atoms with E-state index in [1.54, 1.807) is 18.4 Å². The molecular weight excluding hydrogens is 589 g/mol. The quantitative estimate of drug-likeness (QED) is 0.144. The highest BCUT2D eigenvalue weighted by molar-refractivity contribution is 7.09. The van der Waals surface area contributed by atoms with Crippen LogP contribution in [0.1, 0.15) is 82.2 Å². The van der Waals surface area contributed by atoms with Crippen LogP contribution in [0.2, 0.25) is 0 Å². The number of pyridine rings is 1. The highest BCUT2D eigenvalue weighted by Crippen LogP contribution is 2.42. The Morgan fingerprint density at radius 1 is 1.26 bits per heavy atom. The second-order valence-corrected chi connectivity index (χ2v) is 13.6. The fourth-order valence-corrected chi connectivity index (χ4v) is 7.14. The molecule has 246 valence electrons. The molecule has 7 nitrogen and oxygen atoms in total. The third-order valence-corrected chi connectivity index (χ3v) is 9.79. The number of methoxy groups -OCH3 is 1. The summed E-state index contributed by atoms with van der Waals surface area (Å²) < 4.78 is 8.22. The van der Waals surface area contributed by atoms with Crippen molar-refractivity contribution in [2.24, 2.45) is 11.1 Å². The van der Waals surface area contributed by atoms with Gasteiger partial charge < -0.3 is 20.0 Å². The molecule has 4 aromatic rings. The lowest BCUT2D eigenvalue weighted by atomic mass is 9.80. The molecule has 1 saturated heterocycles. The third-order valence-electron chi connectivity index (χ3n) is 8.89. The molecule has 8 heteroatoms. The summed E-state index contributed by atoms with van der Waals surface area (Å²) in [6.07, 6.45) is 14.3. The Hall–Kier alpha value is -3.48. The first kappa shape index (κ1) is 35.4. The number of hydrogen-bond acceptors (Lipinski definition) is 7. The van der Waals surface area contributed by atoms with Gasteiger partial charge in [-0.05, 0) is 88.2 Å². The van der Waals surface area contributed by atoms with Crippen LogP contribution in [0.15, 0.2) is 54.2 Å². The number of rotatable bonds is 13. The molecule has 1 aromatic carbocycles. The molecule has 0 saturated carbocycles. The predicted octanol–water partition coefficient (Wildman–Crippen LogP) is 8.16. The maximum absolute atomic E-state index is 5.78. The summed E-state index contributed by atoms with van der Waals surface area (Å²) in [4.78, 5) is 9.89. The van der Waals surface area contributed by atoms with E-state index in [-0.39, 0.29) is 11.5 Å². The standard InChI is InChI=1S/C37H47N5OS.CH5N/c1-8-10-19-37(5,6)24-31-30-23-28(32-25-44-34(40-32)18-15-26(3)42-22-12-11-21-39-42)16-17-33(30)41(9-2)36(31)29-14-13-20-38-35(29)27(4)43-7;1-2/h1,13-14,16-17,20,23,25,27,39H,3,9-12,15,18-19,21-22,24H2,2,4-7H3;2H2,1H3. The number of ether oxygens (including phenoxy) is 1. The molecular formula is C38H52N6OS. The Balaban J connectivity index is 0.00000235. The van der Waals surface area contributed by atoms with Crippen molar-refractivity contribution in [3.8, 4) is 34.9 Å². The summed E-state index contributed by atoms with van der Waals surface area (Å²) in [5, 5.41) is 6.84. The number of aromatic nitrogens is 3. The molecule has 0 amide bonds. The molecule has 1 atom stereocenters. The van der Waals surface area contributed by atoms with Crippen LogP contribution in [0.25, 0.3) is 33.4 Å². The number of fused-ring (bicyclic) bond motifs is 1. The maximum atomic E-state index is 5.78. The number of terminal acetylenes is 1. The van der Waals surface area contributed by atoms with Gasteiger partial charge in [0, 0.05) is 78.9 Å². The molecule has 0 radical (unpaired) electrons. The van der Waals surface area contributed by atoms with Crippen LogP contribution in [0.5, 0.6) is 0 Å². The van der Waals surface area contributed by atoms with Crippen molar-refractivity contribution in [3.05, 3.63) is 70.4 Å². The normalized spacial score (nSPS) is 14.1. The second-order valence-electron chi connectivity index (χ2n) is 12.6. The molecule has 0 spiro atoms. The lowest BCUT2D eigenvalue weighted by Crippen LogP contribution is -2.42. The number of allylic oxidation sites excluding steroid dienone is 1. The van der Waals surface area contributed by atoms with E-state index in [1.807, 2.05) is 12.3 Å². The molecule has 3 N–H and O–H groups in total. The lowest BCUT2D eigenvalue weighted by Gasteiger charge is -2.31. The van der Waals surface area contributed by atoms with E-state index in [0.29, 0.717) is 0 Å². The van der Waals surface area contributed by atoms with Gasteiger partial charge in [-0.1, -0.05) is 26.5 Å². The lowest BCUT2D eigenvalue weighted by molar-refractivity contribution is 0.116. The van der Waals surface area contributed by atoms with Gasteiger partial charge in [-0.15, -0.1) is 23.7 Å². The van der Waals surface area contributed by atoms with Crippen LogP contribution in [-0.4, -0.2) is 46.8 Å². The molecule has 1 unspecified atom stereocenters. The minimum Gasteiger partial charge on any atom is -0.375 e. The predicted molar refractivity (Wildman–Crippen MR) is 194 cm³/mol. The SMILES string of the molecule is C#CCCC(C)(C)Cc1c(-c2cccnc2C(C)OC)n(CC)c2ccc(-c3csc(CCC(=C)N4CCCCN4)n3)cc12.CN. The molecule has 0 bridgehead atoms. The van der Waals surface area contributed by atoms with Crippen LogP contribution in [0.3, 0.4) is 0 Å². The number of nitrogens with zero attached hydrogens (tertiary/aromatic N) is 4. The number of nitrogens with two attached hydrogens (primary N) is 1. The minimum absolute atomic E-state index is 0.0264. The average molecular weight is 641 g/mol. The molecule has 1 aliphatic rings. The van der Waals surface area contributed by atoms with Gasteiger partial charge in [0.2, 0.25) is 0 Å². The fourth-order valence-electron chi connectivity index (χ4n) is 6.33. The largest absolute Gasteiger partial charge is 0.375 e. The summed E-state index contributed by atoms with van der Waals surface area (Å²) in [6.45, 7) is 16.2. The average Bonchev–Trinajstić information content (AvgIpc) is 3.69. The minimum atomic E-state index is -0.123. The number of hydrazine groups is 1. The molecule has 1 fully saturated rings. The van der Waals surface area contributed by atoms with E-state index in [2.05, 4.69) is 90.6 Å². The first-order valence-electron chi connectivity index (χ1n) is 16.5. The first-order chi connectivity index (χ1) is 22.3. The number of benzene rings is 1. The Bertz CT molecular complexity index is 1640. The van der Waals surface area contributed by atoms with Crippen LogP contribution in [0, 0.1) is 17.8 Å². The van der Waals surface area contributed by atoms with E-state index >= 15 is 0 Å². The second kappa shape index (κ2) is 16.4. The molecule has 46 heavy (non-hydrogen) atoms. The van der Waals surface area contributed by atoms with E-state index in [4.69, 9.17) is 21.1 Å². The summed E-state index contributed by atoms with van der Waals surface area (Å²) in [6, 6.07) is 11.1. The monoisotopic (exact) mass is 640 g/mol. The zero-order valence-corrected chi connectivity index (χ0v) is 29.5. The van der Waals surface area contributed by atoms with E-state index in [1.165, 1.54) is 42.0 Å². The van der Waals surface area contributed by atoms with Gasteiger partial charge in [0.05, 0.1) is 28.2 Å². The molecule has 0 aliphatic carbocycles. The van der Waals surface area contributed by atoms with Crippen molar-refractivity contribution in [2.75, 3.05) is 27.2 Å². The Morgan fingerprint density at radius 3 is 2.76 bits per heavy atom. The third kappa shape index (κ3) is 8.08. The van der Waals surface area contributed by atoms with Crippen molar-refractivity contribution in [1.29, 1.82) is 0 Å². The van der Waals surface area contributed by atoms with Crippen molar-refractivity contribution >= 4 is 22.2 Å². The van der Waals surface area contributed by atoms with Gasteiger partial charge >= 0.3 is 0 Å². The highest BCUT2D eigenvalue weighted by atomic mass is 32.1. The van der Waals surface area contributed by atoms with Gasteiger partial charge in [-0.3, -0.25) is 4.98 Å². The van der Waals surface area contributed by atoms with Gasteiger partial charge in [0.15, 0.2) is 0 Å². The molecule has 1 aliphatic heterocycles. The van der Waals surface area contributed by atoms with Gasteiger partial charge in [-0.2, -0.15) is 0 Å². The van der Waals surface area contributed by atoms with Crippen molar-refractivity contribution in [1.82, 2.24) is 25.0 Å². The van der Waals surface area contributed by atoms with Crippen LogP contribution < -0.4 is 11.2 Å². The smallest absolute Gasteiger partial charge is 0.0969 e. The van der Waals surface area contributed by atoms with Gasteiger partial charge in [0.1, 0.15) is 0 Å². The zero-order chi connectivity index (χ0) is 33.3. The molecule has 3 aromatic heterocycles. The van der Waals surface area contributed by atoms with Crippen LogP contribution in [0.4, 0.5) is 0 Å². The van der Waals surface area contributed by atoms with E-state index in [0.717, 1.165) is 85.0 Å². The highest BCUT2D eigenvalue weighted by Gasteiger charge is 2.28. The maximum Gasteiger partial charge on any atom is 0.0969 e. The van der Waals surface area contributed by atoms with Crippen LogP contribution in [-0.2, 0) is 24.1 Å². The number of aryl methyl sites for hydroxylation is 2. The van der Waals surface area contributed by atoms with Crippen LogP contribution >= 0.6 is 11.3 Å². The fraction of sp³-hybridized carbons (Fsp3) is 0.474. The van der Waals surface area contributed by atoms with Crippen molar-refractivity contribution < 1.29 is 4.74 Å². The Labute approximate surface area is 280 Å². The van der Waals surface area contributed by atoms with Gasteiger partial charge in [-0.25, -0.2) is 10.4 Å². The number of thiazole rings is 1. The summed E-state index contributed by atoms with van der Waals surface area (Å²) in [5.41, 5.74) is 17.2. The molecule has 5 rings (SSSR count). The van der Waals surface area contributed by atoms with Gasteiger partial charge in [0.25, 0.3) is 0 Å². The summed E-state index contributed by atoms with van der Waals surface area (Å²) >= 11 is 1.74. The first-order valence-corrected chi connectivity index (χ1v) is 17.4. The number of hydrogen-bond donors (Lipinski definition) is 2. The number of nitrogens with one attached hydrogen (secondary N) is 1.